The van der Waals surface area contributed by atoms with Crippen LogP contribution in [0.4, 0.5) is 10.3 Å². The molecule has 0 saturated carbocycles. The van der Waals surface area contributed by atoms with Gasteiger partial charge in [0.2, 0.25) is 11.9 Å². The molecule has 0 fully saturated rings. The van der Waals surface area contributed by atoms with Gasteiger partial charge in [0, 0.05) is 0 Å². The summed E-state index contributed by atoms with van der Waals surface area (Å²) in [6.45, 7) is 2.11. The topological polar surface area (TPSA) is 64.4 Å². The minimum Gasteiger partial charge on any atom is -0.465 e. The number of anilines is 1. The second-order valence-electron chi connectivity index (χ2n) is 7.91. The summed E-state index contributed by atoms with van der Waals surface area (Å²) in [5.74, 6) is -2.09. The van der Waals surface area contributed by atoms with Crippen molar-refractivity contribution in [3.05, 3.63) is 95.8 Å². The highest BCUT2D eigenvalue weighted by Crippen LogP contribution is 2.41. The third kappa shape index (κ3) is 3.65. The molecule has 0 N–H and O–H groups in total. The highest BCUT2D eigenvalue weighted by Gasteiger charge is 2.47. The van der Waals surface area contributed by atoms with E-state index in [0.717, 1.165) is 11.1 Å². The van der Waals surface area contributed by atoms with Gasteiger partial charge in [-0.1, -0.05) is 54.6 Å². The lowest BCUT2D eigenvalue weighted by atomic mass is 9.89. The number of amides is 1. The molecule has 7 heteroatoms. The van der Waals surface area contributed by atoms with E-state index >= 15 is 0 Å². The number of benzene rings is 3. The summed E-state index contributed by atoms with van der Waals surface area (Å²) in [5.41, 5.74) is 3.02. The summed E-state index contributed by atoms with van der Waals surface area (Å²) in [6, 6.07) is 22.2. The number of hydrogen-bond acceptors (Lipinski definition) is 4. The first-order chi connectivity index (χ1) is 16.1. The lowest BCUT2D eigenvalue weighted by Gasteiger charge is -2.38. The van der Waals surface area contributed by atoms with Crippen molar-refractivity contribution in [2.75, 3.05) is 11.5 Å². The molecule has 0 spiro atoms. The van der Waals surface area contributed by atoms with Gasteiger partial charge in [-0.2, -0.15) is 0 Å². The van der Waals surface area contributed by atoms with E-state index in [4.69, 9.17) is 9.72 Å². The number of rotatable bonds is 5. The predicted octanol–water partition coefficient (Wildman–Crippen LogP) is 4.49. The second kappa shape index (κ2) is 8.50. The van der Waals surface area contributed by atoms with Crippen LogP contribution in [0.25, 0.3) is 11.0 Å². The van der Waals surface area contributed by atoms with Gasteiger partial charge in [0.25, 0.3) is 0 Å². The van der Waals surface area contributed by atoms with Gasteiger partial charge >= 0.3 is 5.97 Å². The molecule has 166 valence electrons. The van der Waals surface area contributed by atoms with Crippen LogP contribution in [-0.2, 0) is 20.9 Å². The molecule has 0 aliphatic carbocycles. The van der Waals surface area contributed by atoms with Crippen LogP contribution in [-0.4, -0.2) is 28.0 Å². The monoisotopic (exact) mass is 443 g/mol. The van der Waals surface area contributed by atoms with E-state index in [1.54, 1.807) is 19.1 Å². The maximum absolute atomic E-state index is 13.8. The number of esters is 1. The number of fused-ring (bicyclic) bond motifs is 3. The fourth-order valence-electron chi connectivity index (χ4n) is 4.42. The number of hydrogen-bond donors (Lipinski definition) is 0. The standard InChI is InChI=1S/C26H22FN3O3/c1-2-33-25(32)22-23(18-12-14-19(27)15-13-18)30-21-11-7-6-10-20(21)28-26(30)29(24(22)31)16-17-8-4-3-5-9-17/h3-15,22-23H,2,16H2,1H3/t22-,23-/m1/s1. The number of ether oxygens (including phenoxy) is 1. The van der Waals surface area contributed by atoms with Crippen molar-refractivity contribution < 1.29 is 18.7 Å². The fraction of sp³-hybridized carbons (Fsp3) is 0.192. The molecular weight excluding hydrogens is 421 g/mol. The number of carbonyl (C=O) groups excluding carboxylic acids is 2. The molecule has 1 aliphatic rings. The molecule has 2 heterocycles. The van der Waals surface area contributed by atoms with Gasteiger partial charge in [-0.05, 0) is 42.3 Å². The van der Waals surface area contributed by atoms with Crippen LogP contribution >= 0.6 is 0 Å². The molecule has 0 bridgehead atoms. The van der Waals surface area contributed by atoms with E-state index in [9.17, 15) is 14.0 Å². The summed E-state index contributed by atoms with van der Waals surface area (Å²) in [4.78, 5) is 33.3. The van der Waals surface area contributed by atoms with Crippen molar-refractivity contribution in [1.82, 2.24) is 9.55 Å². The molecule has 33 heavy (non-hydrogen) atoms. The zero-order valence-corrected chi connectivity index (χ0v) is 18.0. The number of aromatic nitrogens is 2. The number of para-hydroxylation sites is 2. The molecule has 5 rings (SSSR count). The molecule has 2 atom stereocenters. The Morgan fingerprint density at radius 3 is 2.42 bits per heavy atom. The summed E-state index contributed by atoms with van der Waals surface area (Å²) in [5, 5.41) is 0. The van der Waals surface area contributed by atoms with Crippen LogP contribution in [0, 0.1) is 11.7 Å². The number of halogens is 1. The van der Waals surface area contributed by atoms with E-state index in [1.807, 2.05) is 59.2 Å². The zero-order chi connectivity index (χ0) is 22.9. The van der Waals surface area contributed by atoms with E-state index < -0.39 is 29.7 Å². The van der Waals surface area contributed by atoms with Gasteiger partial charge in [0.15, 0.2) is 5.92 Å². The fourth-order valence-corrected chi connectivity index (χ4v) is 4.42. The van der Waals surface area contributed by atoms with Crippen LogP contribution in [0.15, 0.2) is 78.9 Å². The molecule has 1 aromatic heterocycles. The molecule has 1 aliphatic heterocycles. The first-order valence-electron chi connectivity index (χ1n) is 10.8. The summed E-state index contributed by atoms with van der Waals surface area (Å²) >= 11 is 0. The van der Waals surface area contributed by atoms with Gasteiger partial charge in [-0.15, -0.1) is 0 Å². The third-order valence-electron chi connectivity index (χ3n) is 5.88. The van der Waals surface area contributed by atoms with Crippen LogP contribution in [0.1, 0.15) is 24.1 Å². The average Bonchev–Trinajstić information content (AvgIpc) is 3.21. The number of imidazole rings is 1. The van der Waals surface area contributed by atoms with E-state index in [0.29, 0.717) is 17.0 Å². The van der Waals surface area contributed by atoms with Crippen molar-refractivity contribution in [2.45, 2.75) is 19.5 Å². The largest absolute Gasteiger partial charge is 0.465 e. The zero-order valence-electron chi connectivity index (χ0n) is 18.0. The molecule has 0 unspecified atom stereocenters. The number of nitrogens with zero attached hydrogens (tertiary/aromatic N) is 3. The second-order valence-corrected chi connectivity index (χ2v) is 7.91. The SMILES string of the molecule is CCOC(=O)[C@H]1C(=O)N(Cc2ccccc2)c2nc3ccccc3n2[C@@H]1c1ccc(F)cc1. The van der Waals surface area contributed by atoms with E-state index in [-0.39, 0.29) is 13.2 Å². The predicted molar refractivity (Wildman–Crippen MR) is 122 cm³/mol. The van der Waals surface area contributed by atoms with Crippen molar-refractivity contribution in [3.63, 3.8) is 0 Å². The van der Waals surface area contributed by atoms with Crippen LogP contribution < -0.4 is 4.90 Å². The van der Waals surface area contributed by atoms with Crippen molar-refractivity contribution in [2.24, 2.45) is 5.92 Å². The van der Waals surface area contributed by atoms with Crippen LogP contribution in [0.2, 0.25) is 0 Å². The van der Waals surface area contributed by atoms with Gasteiger partial charge in [-0.3, -0.25) is 14.5 Å². The highest BCUT2D eigenvalue weighted by atomic mass is 19.1. The van der Waals surface area contributed by atoms with Crippen molar-refractivity contribution >= 4 is 28.9 Å². The lowest BCUT2D eigenvalue weighted by Crippen LogP contribution is -2.49. The van der Waals surface area contributed by atoms with Crippen molar-refractivity contribution in [1.29, 1.82) is 0 Å². The Morgan fingerprint density at radius 1 is 1.00 bits per heavy atom. The molecule has 4 aromatic rings. The van der Waals surface area contributed by atoms with Crippen LogP contribution in [0.3, 0.4) is 0 Å². The third-order valence-corrected chi connectivity index (χ3v) is 5.88. The Bertz CT molecular complexity index is 1320. The maximum Gasteiger partial charge on any atom is 0.321 e. The first kappa shape index (κ1) is 20.9. The Hall–Kier alpha value is -4.00. The summed E-state index contributed by atoms with van der Waals surface area (Å²) < 4.78 is 20.9. The van der Waals surface area contributed by atoms with Gasteiger partial charge in [0.1, 0.15) is 5.82 Å². The van der Waals surface area contributed by atoms with Crippen LogP contribution in [0.5, 0.6) is 0 Å². The van der Waals surface area contributed by atoms with Crippen molar-refractivity contribution in [3.8, 4) is 0 Å². The lowest BCUT2D eigenvalue weighted by molar-refractivity contribution is -0.153. The molecule has 6 nitrogen and oxygen atoms in total. The summed E-state index contributed by atoms with van der Waals surface area (Å²) in [7, 11) is 0. The smallest absolute Gasteiger partial charge is 0.321 e. The molecule has 0 saturated heterocycles. The van der Waals surface area contributed by atoms with E-state index in [2.05, 4.69) is 0 Å². The molecule has 1 amide bonds. The molecule has 3 aromatic carbocycles. The first-order valence-corrected chi connectivity index (χ1v) is 10.8. The Balaban J connectivity index is 1.75. The number of carbonyl (C=O) groups is 2. The highest BCUT2D eigenvalue weighted by molar-refractivity contribution is 6.08. The minimum atomic E-state index is -1.13. The quantitative estimate of drug-likeness (QED) is 0.337. The Kier molecular flexibility index (Phi) is 5.38. The van der Waals surface area contributed by atoms with Gasteiger partial charge in [-0.25, -0.2) is 9.37 Å². The minimum absolute atomic E-state index is 0.148. The molecular formula is C26H22FN3O3. The average molecular weight is 443 g/mol. The Morgan fingerprint density at radius 2 is 1.70 bits per heavy atom. The molecule has 0 radical (unpaired) electrons. The Labute approximate surface area is 190 Å². The maximum atomic E-state index is 13.8. The van der Waals surface area contributed by atoms with Gasteiger partial charge < -0.3 is 9.30 Å². The van der Waals surface area contributed by atoms with E-state index in [1.165, 1.54) is 17.0 Å². The summed E-state index contributed by atoms with van der Waals surface area (Å²) in [6.07, 6.45) is 0. The van der Waals surface area contributed by atoms with Gasteiger partial charge in [0.05, 0.1) is 30.2 Å². The normalized spacial score (nSPS) is 17.8.